The first-order valence-corrected chi connectivity index (χ1v) is 5.40. The summed E-state index contributed by atoms with van der Waals surface area (Å²) >= 11 is 0. The summed E-state index contributed by atoms with van der Waals surface area (Å²) in [5.74, 6) is -1.43. The first kappa shape index (κ1) is 14.2. The third kappa shape index (κ3) is 4.16. The minimum Gasteiger partial charge on any atom is -0.481 e. The van der Waals surface area contributed by atoms with Crippen molar-refractivity contribution in [3.05, 3.63) is 0 Å². The molecular weight excluding hydrogens is 239 g/mol. The van der Waals surface area contributed by atoms with Gasteiger partial charge in [-0.3, -0.25) is 9.69 Å². The van der Waals surface area contributed by atoms with Crippen LogP contribution in [0, 0.1) is 0 Å². The lowest BCUT2D eigenvalue weighted by Crippen LogP contribution is -2.51. The fourth-order valence-electron chi connectivity index (χ4n) is 2.04. The predicted molar refractivity (Wildman–Crippen MR) is 53.7 cm³/mol. The van der Waals surface area contributed by atoms with Crippen LogP contribution < -0.4 is 0 Å². The average molecular weight is 255 g/mol. The van der Waals surface area contributed by atoms with Crippen molar-refractivity contribution >= 4 is 5.97 Å². The molecular formula is C10H16F3NO3. The quantitative estimate of drug-likeness (QED) is 0.827. The maximum Gasteiger partial charge on any atom is 0.404 e. The zero-order valence-electron chi connectivity index (χ0n) is 9.54. The number of carboxylic acids is 1. The number of methoxy groups -OCH3 is 1. The van der Waals surface area contributed by atoms with Gasteiger partial charge in [0.2, 0.25) is 0 Å². The van der Waals surface area contributed by atoms with Crippen molar-refractivity contribution in [1.29, 1.82) is 0 Å². The lowest BCUT2D eigenvalue weighted by atomic mass is 10.0. The summed E-state index contributed by atoms with van der Waals surface area (Å²) < 4.78 is 43.2. The molecule has 0 bridgehead atoms. The second kappa shape index (κ2) is 5.68. The fraction of sp³-hybridized carbons (Fsp3) is 0.900. The number of carbonyl (C=O) groups is 1. The Hall–Kier alpha value is -0.820. The molecule has 7 heteroatoms. The highest BCUT2D eigenvalue weighted by Gasteiger charge is 2.45. The SMILES string of the molecule is COC1CCN(C(CC(=O)O)C(F)(F)F)CC1. The summed E-state index contributed by atoms with van der Waals surface area (Å²) in [6.07, 6.45) is -4.42. The van der Waals surface area contributed by atoms with E-state index in [-0.39, 0.29) is 19.2 Å². The van der Waals surface area contributed by atoms with Gasteiger partial charge in [-0.1, -0.05) is 0 Å². The maximum atomic E-state index is 12.7. The Balaban J connectivity index is 2.62. The van der Waals surface area contributed by atoms with Crippen LogP contribution >= 0.6 is 0 Å². The van der Waals surface area contributed by atoms with Gasteiger partial charge in [0, 0.05) is 20.2 Å². The molecule has 1 rings (SSSR count). The fourth-order valence-corrected chi connectivity index (χ4v) is 2.04. The van der Waals surface area contributed by atoms with Gasteiger partial charge in [-0.05, 0) is 12.8 Å². The third-order valence-electron chi connectivity index (χ3n) is 3.00. The molecule has 0 aliphatic carbocycles. The number of hydrogen-bond acceptors (Lipinski definition) is 3. The van der Waals surface area contributed by atoms with Crippen LogP contribution in [0.1, 0.15) is 19.3 Å². The van der Waals surface area contributed by atoms with E-state index in [1.54, 1.807) is 0 Å². The van der Waals surface area contributed by atoms with Crippen LogP contribution in [0.2, 0.25) is 0 Å². The van der Waals surface area contributed by atoms with E-state index in [0.29, 0.717) is 12.8 Å². The molecule has 17 heavy (non-hydrogen) atoms. The molecule has 4 nitrogen and oxygen atoms in total. The number of carboxylic acid groups (broad SMARTS) is 1. The zero-order chi connectivity index (χ0) is 13.1. The van der Waals surface area contributed by atoms with Crippen molar-refractivity contribution in [2.45, 2.75) is 37.6 Å². The molecule has 100 valence electrons. The number of likely N-dealkylation sites (tertiary alicyclic amines) is 1. The van der Waals surface area contributed by atoms with Gasteiger partial charge in [0.05, 0.1) is 12.5 Å². The second-order valence-corrected chi connectivity index (χ2v) is 4.13. The van der Waals surface area contributed by atoms with Crippen LogP contribution in [0.25, 0.3) is 0 Å². The molecule has 1 N–H and O–H groups in total. The van der Waals surface area contributed by atoms with E-state index < -0.39 is 24.6 Å². The summed E-state index contributed by atoms with van der Waals surface area (Å²) in [5.41, 5.74) is 0. The van der Waals surface area contributed by atoms with Crippen LogP contribution in [0.4, 0.5) is 13.2 Å². The first-order valence-electron chi connectivity index (χ1n) is 5.40. The normalized spacial score (nSPS) is 21.4. The molecule has 0 radical (unpaired) electrons. The van der Waals surface area contributed by atoms with Gasteiger partial charge in [-0.2, -0.15) is 13.2 Å². The molecule has 1 atom stereocenters. The lowest BCUT2D eigenvalue weighted by Gasteiger charge is -2.37. The van der Waals surface area contributed by atoms with E-state index in [0.717, 1.165) is 0 Å². The second-order valence-electron chi connectivity index (χ2n) is 4.13. The average Bonchev–Trinajstić information content (AvgIpc) is 2.24. The highest BCUT2D eigenvalue weighted by atomic mass is 19.4. The molecule has 1 aliphatic heterocycles. The van der Waals surface area contributed by atoms with Crippen molar-refractivity contribution in [3.8, 4) is 0 Å². The summed E-state index contributed by atoms with van der Waals surface area (Å²) in [7, 11) is 1.53. The van der Waals surface area contributed by atoms with Crippen LogP contribution in [0.15, 0.2) is 0 Å². The molecule has 1 fully saturated rings. The van der Waals surface area contributed by atoms with Gasteiger partial charge in [-0.15, -0.1) is 0 Å². The van der Waals surface area contributed by atoms with Crippen LogP contribution in [-0.4, -0.2) is 54.5 Å². The zero-order valence-corrected chi connectivity index (χ0v) is 9.54. The van der Waals surface area contributed by atoms with E-state index in [4.69, 9.17) is 9.84 Å². The molecule has 1 saturated heterocycles. The molecule has 0 aromatic heterocycles. The summed E-state index contributed by atoms with van der Waals surface area (Å²) in [4.78, 5) is 11.7. The van der Waals surface area contributed by atoms with Crippen molar-refractivity contribution in [1.82, 2.24) is 4.90 Å². The van der Waals surface area contributed by atoms with Gasteiger partial charge in [0.1, 0.15) is 6.04 Å². The summed E-state index contributed by atoms with van der Waals surface area (Å²) in [5, 5.41) is 8.52. The van der Waals surface area contributed by atoms with E-state index in [9.17, 15) is 18.0 Å². The summed E-state index contributed by atoms with van der Waals surface area (Å²) in [6, 6.07) is -1.89. The highest BCUT2D eigenvalue weighted by molar-refractivity contribution is 5.67. The summed E-state index contributed by atoms with van der Waals surface area (Å²) in [6.45, 7) is 0.436. The molecule has 0 spiro atoms. The van der Waals surface area contributed by atoms with Crippen LogP contribution in [0.3, 0.4) is 0 Å². The lowest BCUT2D eigenvalue weighted by molar-refractivity contribution is -0.194. The Bertz CT molecular complexity index is 262. The van der Waals surface area contributed by atoms with Gasteiger partial charge in [-0.25, -0.2) is 0 Å². The number of alkyl halides is 3. The largest absolute Gasteiger partial charge is 0.481 e. The number of aliphatic carboxylic acids is 1. The van der Waals surface area contributed by atoms with E-state index >= 15 is 0 Å². The molecule has 0 aromatic rings. The molecule has 0 aromatic carbocycles. The van der Waals surface area contributed by atoms with Crippen LogP contribution in [-0.2, 0) is 9.53 Å². The van der Waals surface area contributed by atoms with E-state index in [1.165, 1.54) is 12.0 Å². The smallest absolute Gasteiger partial charge is 0.404 e. The first-order chi connectivity index (χ1) is 7.84. The molecule has 1 unspecified atom stereocenters. The predicted octanol–water partition coefficient (Wildman–Crippen LogP) is 1.50. The number of halogens is 3. The Labute approximate surface area is 97.3 Å². The number of hydrogen-bond donors (Lipinski definition) is 1. The monoisotopic (exact) mass is 255 g/mol. The maximum absolute atomic E-state index is 12.7. The molecule has 0 amide bonds. The van der Waals surface area contributed by atoms with Crippen LogP contribution in [0.5, 0.6) is 0 Å². The topological polar surface area (TPSA) is 49.8 Å². The van der Waals surface area contributed by atoms with Gasteiger partial charge >= 0.3 is 12.1 Å². The Morgan fingerprint density at radius 3 is 2.35 bits per heavy atom. The van der Waals surface area contributed by atoms with Gasteiger partial charge in [0.15, 0.2) is 0 Å². The third-order valence-corrected chi connectivity index (χ3v) is 3.00. The minimum atomic E-state index is -4.50. The van der Waals surface area contributed by atoms with Crippen molar-refractivity contribution in [3.63, 3.8) is 0 Å². The Morgan fingerprint density at radius 2 is 2.00 bits per heavy atom. The van der Waals surface area contributed by atoms with Gasteiger partial charge < -0.3 is 9.84 Å². The standard InChI is InChI=1S/C10H16F3NO3/c1-17-7-2-4-14(5-3-7)8(6-9(15)16)10(11,12)13/h7-8H,2-6H2,1H3,(H,15,16). The highest BCUT2D eigenvalue weighted by Crippen LogP contribution is 2.29. The Kier molecular flexibility index (Phi) is 4.76. The van der Waals surface area contributed by atoms with Crippen molar-refractivity contribution in [2.24, 2.45) is 0 Å². The number of ether oxygens (including phenoxy) is 1. The molecule has 0 saturated carbocycles. The number of piperidine rings is 1. The molecule has 1 heterocycles. The Morgan fingerprint density at radius 1 is 1.47 bits per heavy atom. The van der Waals surface area contributed by atoms with E-state index in [1.807, 2.05) is 0 Å². The minimum absolute atomic E-state index is 0.0232. The van der Waals surface area contributed by atoms with E-state index in [2.05, 4.69) is 0 Å². The number of nitrogens with zero attached hydrogens (tertiary/aromatic N) is 1. The van der Waals surface area contributed by atoms with Crippen molar-refractivity contribution in [2.75, 3.05) is 20.2 Å². The molecule has 1 aliphatic rings. The van der Waals surface area contributed by atoms with Crippen molar-refractivity contribution < 1.29 is 27.8 Å². The number of rotatable bonds is 4. The van der Waals surface area contributed by atoms with Gasteiger partial charge in [0.25, 0.3) is 0 Å².